The van der Waals surface area contributed by atoms with E-state index in [0.29, 0.717) is 24.6 Å². The molecule has 0 N–H and O–H groups in total. The summed E-state index contributed by atoms with van der Waals surface area (Å²) in [6.07, 6.45) is 4.75. The van der Waals surface area contributed by atoms with E-state index in [1.165, 1.54) is 5.56 Å². The van der Waals surface area contributed by atoms with Crippen LogP contribution in [-0.2, 0) is 16.2 Å². The summed E-state index contributed by atoms with van der Waals surface area (Å²) in [5, 5.41) is -0.399. The van der Waals surface area contributed by atoms with Crippen molar-refractivity contribution in [3.05, 3.63) is 67.6 Å². The number of ether oxygens (including phenoxy) is 1. The number of aryl methyl sites for hydroxylation is 1. The number of imide groups is 1. The standard InChI is InChI=1S/C25H25IN2O4S/c1-17-6-5-7-19(12-17)16-32-21-9-8-18(13-20(21)26)14-22-24(30)28(25(31)33-22)15-23(29)27-10-3-2-4-11-27/h5-9,12-14H,2-4,10-11,15-16H2,1H3/b22-14-. The number of rotatable bonds is 6. The second-order valence-electron chi connectivity index (χ2n) is 8.18. The summed E-state index contributed by atoms with van der Waals surface area (Å²) in [5.41, 5.74) is 3.09. The zero-order valence-electron chi connectivity index (χ0n) is 18.4. The summed E-state index contributed by atoms with van der Waals surface area (Å²) in [5.74, 6) is 0.183. The first-order valence-corrected chi connectivity index (χ1v) is 12.8. The molecule has 172 valence electrons. The van der Waals surface area contributed by atoms with Crippen LogP contribution in [0.15, 0.2) is 47.4 Å². The Morgan fingerprint density at radius 2 is 1.91 bits per heavy atom. The van der Waals surface area contributed by atoms with Gasteiger partial charge in [0.2, 0.25) is 5.91 Å². The maximum Gasteiger partial charge on any atom is 0.294 e. The van der Waals surface area contributed by atoms with Gasteiger partial charge in [0.1, 0.15) is 18.9 Å². The van der Waals surface area contributed by atoms with E-state index in [2.05, 4.69) is 28.7 Å². The summed E-state index contributed by atoms with van der Waals surface area (Å²) >= 11 is 3.08. The predicted octanol–water partition coefficient (Wildman–Crippen LogP) is 5.23. The van der Waals surface area contributed by atoms with Crippen molar-refractivity contribution in [1.29, 1.82) is 0 Å². The highest BCUT2D eigenvalue weighted by Gasteiger charge is 2.37. The number of halogens is 1. The minimum Gasteiger partial charge on any atom is -0.488 e. The lowest BCUT2D eigenvalue weighted by Crippen LogP contribution is -2.44. The highest BCUT2D eigenvalue weighted by atomic mass is 127. The van der Waals surface area contributed by atoms with Crippen LogP contribution in [0, 0.1) is 10.5 Å². The van der Waals surface area contributed by atoms with Gasteiger partial charge in [-0.25, -0.2) is 0 Å². The SMILES string of the molecule is Cc1cccc(COc2ccc(/C=C3\SC(=O)N(CC(=O)N4CCCCC4)C3=O)cc2I)c1. The molecule has 0 bridgehead atoms. The topological polar surface area (TPSA) is 66.9 Å². The van der Waals surface area contributed by atoms with E-state index in [-0.39, 0.29) is 12.5 Å². The number of carbonyl (C=O) groups excluding carboxylic acids is 3. The Morgan fingerprint density at radius 1 is 1.12 bits per heavy atom. The van der Waals surface area contributed by atoms with Crippen molar-refractivity contribution in [2.45, 2.75) is 32.8 Å². The molecular formula is C25H25IN2O4S. The van der Waals surface area contributed by atoms with E-state index in [1.807, 2.05) is 43.3 Å². The smallest absolute Gasteiger partial charge is 0.294 e. The molecule has 8 heteroatoms. The quantitative estimate of drug-likeness (QED) is 0.348. The molecule has 2 saturated heterocycles. The Hall–Kier alpha value is -2.33. The van der Waals surface area contributed by atoms with Gasteiger partial charge in [-0.3, -0.25) is 19.3 Å². The number of carbonyl (C=O) groups is 3. The van der Waals surface area contributed by atoms with Crippen LogP contribution in [0.4, 0.5) is 4.79 Å². The molecule has 2 aliphatic rings. The average molecular weight is 576 g/mol. The second-order valence-corrected chi connectivity index (χ2v) is 10.3. The number of piperidine rings is 1. The lowest BCUT2D eigenvalue weighted by atomic mass is 10.1. The van der Waals surface area contributed by atoms with Gasteiger partial charge < -0.3 is 9.64 Å². The maximum absolute atomic E-state index is 12.8. The Morgan fingerprint density at radius 3 is 2.64 bits per heavy atom. The molecular weight excluding hydrogens is 551 g/mol. The van der Waals surface area contributed by atoms with Gasteiger partial charge in [-0.15, -0.1) is 0 Å². The zero-order chi connectivity index (χ0) is 23.4. The van der Waals surface area contributed by atoms with Crippen molar-refractivity contribution in [2.24, 2.45) is 0 Å². The van der Waals surface area contributed by atoms with Gasteiger partial charge in [0, 0.05) is 13.1 Å². The maximum atomic E-state index is 12.8. The second kappa shape index (κ2) is 10.7. The molecule has 2 aromatic carbocycles. The molecule has 0 radical (unpaired) electrons. The van der Waals surface area contributed by atoms with Crippen LogP contribution in [0.3, 0.4) is 0 Å². The van der Waals surface area contributed by atoms with Gasteiger partial charge in [0.05, 0.1) is 8.48 Å². The van der Waals surface area contributed by atoms with Crippen LogP contribution in [0.25, 0.3) is 6.08 Å². The van der Waals surface area contributed by atoms with Crippen molar-refractivity contribution >= 4 is 57.5 Å². The lowest BCUT2D eigenvalue weighted by Gasteiger charge is -2.27. The van der Waals surface area contributed by atoms with E-state index < -0.39 is 11.1 Å². The Labute approximate surface area is 211 Å². The fourth-order valence-electron chi connectivity index (χ4n) is 3.85. The van der Waals surface area contributed by atoms with Gasteiger partial charge >= 0.3 is 0 Å². The summed E-state index contributed by atoms with van der Waals surface area (Å²) in [4.78, 5) is 40.8. The van der Waals surface area contributed by atoms with Crippen LogP contribution >= 0.6 is 34.4 Å². The minimum atomic E-state index is -0.412. The number of hydrogen-bond donors (Lipinski definition) is 0. The van der Waals surface area contributed by atoms with Crippen LogP contribution in [0.5, 0.6) is 5.75 Å². The molecule has 2 aliphatic heterocycles. The zero-order valence-corrected chi connectivity index (χ0v) is 21.4. The fraction of sp³-hybridized carbons (Fsp3) is 0.320. The Bertz CT molecular complexity index is 1110. The molecule has 0 unspecified atom stereocenters. The average Bonchev–Trinajstić information content (AvgIpc) is 3.06. The normalized spacial score (nSPS) is 17.7. The Kier molecular flexibility index (Phi) is 7.75. The molecule has 3 amide bonds. The molecule has 2 heterocycles. The molecule has 33 heavy (non-hydrogen) atoms. The molecule has 6 nitrogen and oxygen atoms in total. The van der Waals surface area contributed by atoms with Gasteiger partial charge in [-0.2, -0.15) is 0 Å². The molecule has 2 aromatic rings. The third-order valence-electron chi connectivity index (χ3n) is 5.61. The monoisotopic (exact) mass is 576 g/mol. The number of amides is 3. The highest BCUT2D eigenvalue weighted by molar-refractivity contribution is 14.1. The van der Waals surface area contributed by atoms with E-state index >= 15 is 0 Å². The van der Waals surface area contributed by atoms with Gasteiger partial charge in [-0.1, -0.05) is 35.9 Å². The molecule has 4 rings (SSSR count). The van der Waals surface area contributed by atoms with Crippen LogP contribution in [0.1, 0.15) is 36.0 Å². The number of likely N-dealkylation sites (tertiary alicyclic amines) is 1. The molecule has 0 spiro atoms. The van der Waals surface area contributed by atoms with E-state index in [9.17, 15) is 14.4 Å². The van der Waals surface area contributed by atoms with Crippen LogP contribution < -0.4 is 4.74 Å². The summed E-state index contributed by atoms with van der Waals surface area (Å²) < 4.78 is 6.87. The molecule has 0 atom stereocenters. The van der Waals surface area contributed by atoms with Crippen LogP contribution in [-0.4, -0.2) is 46.5 Å². The van der Waals surface area contributed by atoms with Crippen molar-refractivity contribution in [1.82, 2.24) is 9.80 Å². The number of benzene rings is 2. The molecule has 0 saturated carbocycles. The first-order valence-electron chi connectivity index (χ1n) is 10.9. The third kappa shape index (κ3) is 5.97. The van der Waals surface area contributed by atoms with Gasteiger partial charge in [0.15, 0.2) is 0 Å². The van der Waals surface area contributed by atoms with E-state index in [0.717, 1.165) is 56.4 Å². The van der Waals surface area contributed by atoms with Crippen molar-refractivity contribution in [3.8, 4) is 5.75 Å². The number of nitrogens with zero attached hydrogens (tertiary/aromatic N) is 2. The number of thioether (sulfide) groups is 1. The highest BCUT2D eigenvalue weighted by Crippen LogP contribution is 2.33. The van der Waals surface area contributed by atoms with Gasteiger partial charge in [-0.05, 0) is 89.9 Å². The summed E-state index contributed by atoms with van der Waals surface area (Å²) in [7, 11) is 0. The Balaban J connectivity index is 1.40. The lowest BCUT2D eigenvalue weighted by molar-refractivity contribution is -0.136. The molecule has 0 aliphatic carbocycles. The van der Waals surface area contributed by atoms with E-state index in [1.54, 1.807) is 11.0 Å². The number of hydrogen-bond acceptors (Lipinski definition) is 5. The van der Waals surface area contributed by atoms with Gasteiger partial charge in [0.25, 0.3) is 11.1 Å². The van der Waals surface area contributed by atoms with Crippen LogP contribution in [0.2, 0.25) is 0 Å². The molecule has 2 fully saturated rings. The predicted molar refractivity (Wildman–Crippen MR) is 138 cm³/mol. The van der Waals surface area contributed by atoms with Crippen molar-refractivity contribution in [2.75, 3.05) is 19.6 Å². The fourth-order valence-corrected chi connectivity index (χ4v) is 5.39. The first-order chi connectivity index (χ1) is 15.9. The van der Waals surface area contributed by atoms with Crippen molar-refractivity contribution in [3.63, 3.8) is 0 Å². The molecule has 0 aromatic heterocycles. The van der Waals surface area contributed by atoms with E-state index in [4.69, 9.17) is 4.74 Å². The first kappa shape index (κ1) is 23.8. The minimum absolute atomic E-state index is 0.164. The third-order valence-corrected chi connectivity index (χ3v) is 7.36. The van der Waals surface area contributed by atoms with Crippen molar-refractivity contribution < 1.29 is 19.1 Å². The summed E-state index contributed by atoms with van der Waals surface area (Å²) in [6, 6.07) is 13.8. The largest absolute Gasteiger partial charge is 0.488 e. The summed E-state index contributed by atoms with van der Waals surface area (Å²) in [6.45, 7) is 3.73.